The Bertz CT molecular complexity index is 659. The quantitative estimate of drug-likeness (QED) is 0.788. The van der Waals surface area contributed by atoms with Crippen molar-refractivity contribution in [1.82, 2.24) is 5.32 Å². The first-order valence-corrected chi connectivity index (χ1v) is 9.61. The zero-order valence-corrected chi connectivity index (χ0v) is 15.2. The summed E-state index contributed by atoms with van der Waals surface area (Å²) in [6.45, 7) is 2.13. The smallest absolute Gasteiger partial charge is 0.230 e. The number of rotatable bonds is 6. The van der Waals surface area contributed by atoms with Gasteiger partial charge >= 0.3 is 0 Å². The molecule has 25 heavy (non-hydrogen) atoms. The summed E-state index contributed by atoms with van der Waals surface area (Å²) in [4.78, 5) is 13.2. The monoisotopic (exact) mass is 335 g/mol. The predicted molar refractivity (Wildman–Crippen MR) is 104 cm³/mol. The molecule has 2 nitrogen and oxygen atoms in total. The van der Waals surface area contributed by atoms with Crippen molar-refractivity contribution in [2.75, 3.05) is 0 Å². The Hall–Kier alpha value is -2.09. The lowest BCUT2D eigenvalue weighted by molar-refractivity contribution is -0.128. The molecule has 0 spiro atoms. The van der Waals surface area contributed by atoms with Crippen molar-refractivity contribution in [2.45, 2.75) is 63.3 Å². The van der Waals surface area contributed by atoms with Crippen molar-refractivity contribution in [3.8, 4) is 0 Å². The molecule has 132 valence electrons. The van der Waals surface area contributed by atoms with E-state index in [1.165, 1.54) is 17.5 Å². The van der Waals surface area contributed by atoms with E-state index in [4.69, 9.17) is 0 Å². The highest BCUT2D eigenvalue weighted by molar-refractivity contribution is 5.88. The van der Waals surface area contributed by atoms with Crippen molar-refractivity contribution >= 4 is 5.91 Å². The van der Waals surface area contributed by atoms with Crippen molar-refractivity contribution in [2.24, 2.45) is 0 Å². The maximum absolute atomic E-state index is 13.2. The highest BCUT2D eigenvalue weighted by Crippen LogP contribution is 2.39. The predicted octanol–water partition coefficient (Wildman–Crippen LogP) is 5.03. The molecule has 3 rings (SSSR count). The van der Waals surface area contributed by atoms with Gasteiger partial charge in [0, 0.05) is 6.04 Å². The van der Waals surface area contributed by atoms with Crippen LogP contribution in [0.2, 0.25) is 0 Å². The molecule has 1 amide bonds. The minimum absolute atomic E-state index is 0.190. The topological polar surface area (TPSA) is 29.1 Å². The summed E-state index contributed by atoms with van der Waals surface area (Å²) in [6.07, 6.45) is 7.43. The SMILES string of the molecule is CC(CCc1ccccc1)NC(=O)C1(c2ccccc2)CCCCC1. The normalized spacial score (nSPS) is 17.6. The molecule has 0 aliphatic heterocycles. The molecule has 1 unspecified atom stereocenters. The highest BCUT2D eigenvalue weighted by Gasteiger charge is 2.41. The van der Waals surface area contributed by atoms with Crippen LogP contribution < -0.4 is 5.32 Å². The van der Waals surface area contributed by atoms with Gasteiger partial charge in [-0.15, -0.1) is 0 Å². The minimum atomic E-state index is -0.333. The van der Waals surface area contributed by atoms with E-state index in [9.17, 15) is 4.79 Å². The number of hydrogen-bond acceptors (Lipinski definition) is 1. The average molecular weight is 335 g/mol. The van der Waals surface area contributed by atoms with Gasteiger partial charge in [0.1, 0.15) is 0 Å². The van der Waals surface area contributed by atoms with Crippen LogP contribution in [-0.2, 0) is 16.6 Å². The fourth-order valence-corrected chi connectivity index (χ4v) is 4.02. The molecule has 1 N–H and O–H groups in total. The van der Waals surface area contributed by atoms with E-state index in [1.54, 1.807) is 0 Å². The van der Waals surface area contributed by atoms with E-state index in [-0.39, 0.29) is 17.4 Å². The summed E-state index contributed by atoms with van der Waals surface area (Å²) in [5.74, 6) is 0.221. The molecule has 0 saturated heterocycles. The van der Waals surface area contributed by atoms with Gasteiger partial charge in [0.05, 0.1) is 5.41 Å². The molecular weight excluding hydrogens is 306 g/mol. The molecule has 1 aliphatic rings. The van der Waals surface area contributed by atoms with Crippen LogP contribution in [0, 0.1) is 0 Å². The second kappa shape index (κ2) is 8.33. The van der Waals surface area contributed by atoms with Crippen LogP contribution in [0.25, 0.3) is 0 Å². The summed E-state index contributed by atoms with van der Waals surface area (Å²) in [5.41, 5.74) is 2.18. The zero-order valence-electron chi connectivity index (χ0n) is 15.2. The minimum Gasteiger partial charge on any atom is -0.353 e. The summed E-state index contributed by atoms with van der Waals surface area (Å²) in [5, 5.41) is 3.32. The van der Waals surface area contributed by atoms with Gasteiger partial charge in [0.2, 0.25) is 5.91 Å². The number of nitrogens with one attached hydrogen (secondary N) is 1. The van der Waals surface area contributed by atoms with Crippen molar-refractivity contribution in [3.05, 3.63) is 71.8 Å². The van der Waals surface area contributed by atoms with Crippen LogP contribution in [0.3, 0.4) is 0 Å². The lowest BCUT2D eigenvalue weighted by Crippen LogP contribution is -2.48. The van der Waals surface area contributed by atoms with Gasteiger partial charge in [-0.3, -0.25) is 4.79 Å². The largest absolute Gasteiger partial charge is 0.353 e. The maximum atomic E-state index is 13.2. The third kappa shape index (κ3) is 4.31. The van der Waals surface area contributed by atoms with Gasteiger partial charge in [-0.1, -0.05) is 79.9 Å². The Morgan fingerprint density at radius 1 is 0.960 bits per heavy atom. The zero-order chi connectivity index (χ0) is 17.5. The van der Waals surface area contributed by atoms with E-state index in [2.05, 4.69) is 60.8 Å². The van der Waals surface area contributed by atoms with Gasteiger partial charge in [0.15, 0.2) is 0 Å². The Labute approximate surface area is 151 Å². The lowest BCUT2D eigenvalue weighted by atomic mass is 9.68. The average Bonchev–Trinajstić information content (AvgIpc) is 2.68. The van der Waals surface area contributed by atoms with E-state index >= 15 is 0 Å². The molecule has 2 aromatic carbocycles. The molecule has 0 bridgehead atoms. The lowest BCUT2D eigenvalue weighted by Gasteiger charge is -2.37. The summed E-state index contributed by atoms with van der Waals surface area (Å²) in [7, 11) is 0. The van der Waals surface area contributed by atoms with E-state index < -0.39 is 0 Å². The third-order valence-electron chi connectivity index (χ3n) is 5.55. The number of carbonyl (C=O) groups is 1. The second-order valence-electron chi connectivity index (χ2n) is 7.41. The Morgan fingerprint density at radius 2 is 1.56 bits per heavy atom. The van der Waals surface area contributed by atoms with E-state index in [0.717, 1.165) is 38.5 Å². The van der Waals surface area contributed by atoms with Gasteiger partial charge in [-0.25, -0.2) is 0 Å². The van der Waals surface area contributed by atoms with E-state index in [0.29, 0.717) is 0 Å². The molecule has 0 heterocycles. The number of carbonyl (C=O) groups excluding carboxylic acids is 1. The van der Waals surface area contributed by atoms with Crippen LogP contribution in [0.5, 0.6) is 0 Å². The summed E-state index contributed by atoms with van der Waals surface area (Å²) >= 11 is 0. The molecule has 2 aromatic rings. The fourth-order valence-electron chi connectivity index (χ4n) is 4.02. The van der Waals surface area contributed by atoms with Crippen LogP contribution in [0.4, 0.5) is 0 Å². The molecule has 1 aliphatic carbocycles. The van der Waals surface area contributed by atoms with Crippen LogP contribution in [0.15, 0.2) is 60.7 Å². The Morgan fingerprint density at radius 3 is 2.20 bits per heavy atom. The Kier molecular flexibility index (Phi) is 5.91. The summed E-state index contributed by atoms with van der Waals surface area (Å²) < 4.78 is 0. The second-order valence-corrected chi connectivity index (χ2v) is 7.41. The first-order valence-electron chi connectivity index (χ1n) is 9.61. The maximum Gasteiger partial charge on any atom is 0.230 e. The van der Waals surface area contributed by atoms with Crippen molar-refractivity contribution in [1.29, 1.82) is 0 Å². The molecule has 0 radical (unpaired) electrons. The third-order valence-corrected chi connectivity index (χ3v) is 5.55. The standard InChI is InChI=1S/C23H29NO/c1-19(15-16-20-11-5-2-6-12-20)24-22(25)23(17-9-4-10-18-23)21-13-7-3-8-14-21/h2-3,5-8,11-14,19H,4,9-10,15-18H2,1H3,(H,24,25). The van der Waals surface area contributed by atoms with E-state index in [1.807, 2.05) is 12.1 Å². The molecular formula is C23H29NO. The van der Waals surface area contributed by atoms with Crippen LogP contribution >= 0.6 is 0 Å². The highest BCUT2D eigenvalue weighted by atomic mass is 16.2. The first kappa shape index (κ1) is 17.7. The molecule has 1 fully saturated rings. The first-order chi connectivity index (χ1) is 12.2. The van der Waals surface area contributed by atoms with Crippen LogP contribution in [0.1, 0.15) is 56.6 Å². The number of aryl methyl sites for hydroxylation is 1. The number of hydrogen-bond donors (Lipinski definition) is 1. The van der Waals surface area contributed by atoms with Gasteiger partial charge in [-0.05, 0) is 43.7 Å². The number of amides is 1. The van der Waals surface area contributed by atoms with Crippen LogP contribution in [-0.4, -0.2) is 11.9 Å². The number of benzene rings is 2. The molecule has 1 atom stereocenters. The molecule has 1 saturated carbocycles. The summed E-state index contributed by atoms with van der Waals surface area (Å²) in [6, 6.07) is 21.1. The van der Waals surface area contributed by atoms with Gasteiger partial charge in [0.25, 0.3) is 0 Å². The Balaban J connectivity index is 1.66. The van der Waals surface area contributed by atoms with Crippen molar-refractivity contribution in [3.63, 3.8) is 0 Å². The van der Waals surface area contributed by atoms with Gasteiger partial charge < -0.3 is 5.32 Å². The molecule has 0 aromatic heterocycles. The molecule has 2 heteroatoms. The fraction of sp³-hybridized carbons (Fsp3) is 0.435. The van der Waals surface area contributed by atoms with Gasteiger partial charge in [-0.2, -0.15) is 0 Å². The van der Waals surface area contributed by atoms with Crippen molar-refractivity contribution < 1.29 is 4.79 Å².